The van der Waals surface area contributed by atoms with Gasteiger partial charge in [0, 0.05) is 4.88 Å². The van der Waals surface area contributed by atoms with Gasteiger partial charge in [-0.1, -0.05) is 23.9 Å². The molecule has 0 spiro atoms. The van der Waals surface area contributed by atoms with Crippen LogP contribution in [0.2, 0.25) is 0 Å². The minimum atomic E-state index is -0.153. The highest BCUT2D eigenvalue weighted by atomic mass is 32.2. The maximum atomic E-state index is 13.4. The number of thiophene rings is 1. The number of hydrogen-bond acceptors (Lipinski definition) is 6. The van der Waals surface area contributed by atoms with E-state index in [4.69, 9.17) is 9.40 Å². The number of fused-ring (bicyclic) bond motifs is 1. The van der Waals surface area contributed by atoms with Gasteiger partial charge in [0.2, 0.25) is 5.91 Å². The molecule has 0 aliphatic carbocycles. The third kappa shape index (κ3) is 4.06. The lowest BCUT2D eigenvalue weighted by atomic mass is 10.2. The summed E-state index contributed by atoms with van der Waals surface area (Å²) in [5.74, 6) is 0.683. The van der Waals surface area contributed by atoms with Gasteiger partial charge >= 0.3 is 0 Å². The molecule has 0 radical (unpaired) electrons. The number of nitrogens with zero attached hydrogens (tertiary/aromatic N) is 2. The SMILES string of the molecule is Cc1cccc(-n2c(SCC(=O)NCc3ccco3)nc3sc(C)c(C)c3c2=O)c1. The fourth-order valence-electron chi connectivity index (χ4n) is 3.15. The monoisotopic (exact) mass is 439 g/mol. The molecule has 0 saturated carbocycles. The topological polar surface area (TPSA) is 77.1 Å². The Labute approximate surface area is 181 Å². The molecule has 1 amide bonds. The fourth-order valence-corrected chi connectivity index (χ4v) is 5.06. The molecule has 8 heteroatoms. The molecule has 0 unspecified atom stereocenters. The third-order valence-corrected chi connectivity index (χ3v) is 6.84. The van der Waals surface area contributed by atoms with Crippen LogP contribution in [0, 0.1) is 20.8 Å². The number of furan rings is 1. The van der Waals surface area contributed by atoms with Crippen LogP contribution in [0.25, 0.3) is 15.9 Å². The molecule has 3 aromatic heterocycles. The van der Waals surface area contributed by atoms with Crippen LogP contribution in [-0.2, 0) is 11.3 Å². The van der Waals surface area contributed by atoms with Crippen molar-refractivity contribution in [2.24, 2.45) is 0 Å². The van der Waals surface area contributed by atoms with Gasteiger partial charge in [-0.3, -0.25) is 14.2 Å². The van der Waals surface area contributed by atoms with E-state index >= 15 is 0 Å². The van der Waals surface area contributed by atoms with E-state index in [0.29, 0.717) is 27.7 Å². The van der Waals surface area contributed by atoms with Gasteiger partial charge in [0.25, 0.3) is 5.56 Å². The number of hydrogen-bond donors (Lipinski definition) is 1. The zero-order valence-electron chi connectivity index (χ0n) is 16.9. The number of carbonyl (C=O) groups excluding carboxylic acids is 1. The van der Waals surface area contributed by atoms with Crippen molar-refractivity contribution in [3.8, 4) is 5.69 Å². The van der Waals surface area contributed by atoms with Crippen LogP contribution in [0.4, 0.5) is 0 Å². The van der Waals surface area contributed by atoms with E-state index in [1.807, 2.05) is 45.0 Å². The number of rotatable bonds is 6. The van der Waals surface area contributed by atoms with Crippen LogP contribution in [0.3, 0.4) is 0 Å². The number of carbonyl (C=O) groups is 1. The first kappa shape index (κ1) is 20.4. The van der Waals surface area contributed by atoms with Gasteiger partial charge in [0.1, 0.15) is 10.6 Å². The minimum Gasteiger partial charge on any atom is -0.467 e. The molecule has 4 rings (SSSR count). The van der Waals surface area contributed by atoms with Crippen molar-refractivity contribution in [3.05, 3.63) is 74.8 Å². The summed E-state index contributed by atoms with van der Waals surface area (Å²) in [6.45, 7) is 6.25. The number of thioether (sulfide) groups is 1. The van der Waals surface area contributed by atoms with E-state index in [0.717, 1.165) is 21.7 Å². The van der Waals surface area contributed by atoms with Crippen LogP contribution in [-0.4, -0.2) is 21.2 Å². The van der Waals surface area contributed by atoms with Crippen LogP contribution >= 0.6 is 23.1 Å². The van der Waals surface area contributed by atoms with Crippen molar-refractivity contribution in [2.75, 3.05) is 5.75 Å². The lowest BCUT2D eigenvalue weighted by Gasteiger charge is -2.13. The Balaban J connectivity index is 1.68. The lowest BCUT2D eigenvalue weighted by Crippen LogP contribution is -2.26. The zero-order chi connectivity index (χ0) is 21.3. The van der Waals surface area contributed by atoms with E-state index in [1.54, 1.807) is 23.0 Å². The van der Waals surface area contributed by atoms with Crippen molar-refractivity contribution in [3.63, 3.8) is 0 Å². The predicted octanol–water partition coefficient (Wildman–Crippen LogP) is 4.37. The summed E-state index contributed by atoms with van der Waals surface area (Å²) >= 11 is 2.76. The Morgan fingerprint density at radius 1 is 1.23 bits per heavy atom. The van der Waals surface area contributed by atoms with Crippen LogP contribution in [0.15, 0.2) is 57.0 Å². The highest BCUT2D eigenvalue weighted by Crippen LogP contribution is 2.29. The Morgan fingerprint density at radius 2 is 2.07 bits per heavy atom. The highest BCUT2D eigenvalue weighted by Gasteiger charge is 2.19. The molecule has 0 bridgehead atoms. The van der Waals surface area contributed by atoms with E-state index < -0.39 is 0 Å². The Morgan fingerprint density at radius 3 is 2.80 bits per heavy atom. The first-order chi connectivity index (χ1) is 14.4. The summed E-state index contributed by atoms with van der Waals surface area (Å²) in [6.07, 6.45) is 1.57. The number of amides is 1. The molecule has 6 nitrogen and oxygen atoms in total. The van der Waals surface area contributed by atoms with E-state index in [9.17, 15) is 9.59 Å². The Hall–Kier alpha value is -2.84. The Kier molecular flexibility index (Phi) is 5.78. The molecule has 0 fully saturated rings. The van der Waals surface area contributed by atoms with E-state index in [-0.39, 0.29) is 17.2 Å². The summed E-state index contributed by atoms with van der Waals surface area (Å²) in [6, 6.07) is 11.3. The standard InChI is InChI=1S/C22H21N3O3S2/c1-13-6-4-7-16(10-13)25-21(27)19-14(2)15(3)30-20(19)24-22(25)29-12-18(26)23-11-17-8-5-9-28-17/h4-10H,11-12H2,1-3H3,(H,23,26). The lowest BCUT2D eigenvalue weighted by molar-refractivity contribution is -0.118. The van der Waals surface area contributed by atoms with Gasteiger partial charge in [-0.2, -0.15) is 0 Å². The van der Waals surface area contributed by atoms with Gasteiger partial charge in [-0.15, -0.1) is 11.3 Å². The van der Waals surface area contributed by atoms with Gasteiger partial charge in [-0.25, -0.2) is 4.98 Å². The normalized spacial score (nSPS) is 11.2. The van der Waals surface area contributed by atoms with Gasteiger partial charge in [-0.05, 0) is 56.2 Å². The minimum absolute atomic E-state index is 0.106. The van der Waals surface area contributed by atoms with Gasteiger partial charge < -0.3 is 9.73 Å². The van der Waals surface area contributed by atoms with Crippen molar-refractivity contribution >= 4 is 39.2 Å². The predicted molar refractivity (Wildman–Crippen MR) is 121 cm³/mol. The molecule has 1 N–H and O–H groups in total. The molecule has 3 heterocycles. The summed E-state index contributed by atoms with van der Waals surface area (Å²) in [4.78, 5) is 32.3. The Bertz CT molecular complexity index is 1270. The van der Waals surface area contributed by atoms with Gasteiger partial charge in [0.05, 0.1) is 29.6 Å². The average Bonchev–Trinajstić information content (AvgIpc) is 3.33. The third-order valence-electron chi connectivity index (χ3n) is 4.80. The second-order valence-corrected chi connectivity index (χ2v) is 9.13. The average molecular weight is 440 g/mol. The van der Waals surface area contributed by atoms with Crippen LogP contribution < -0.4 is 10.9 Å². The van der Waals surface area contributed by atoms with Gasteiger partial charge in [0.15, 0.2) is 5.16 Å². The highest BCUT2D eigenvalue weighted by molar-refractivity contribution is 7.99. The largest absolute Gasteiger partial charge is 0.467 e. The molecule has 30 heavy (non-hydrogen) atoms. The van der Waals surface area contributed by atoms with Crippen molar-refractivity contribution < 1.29 is 9.21 Å². The maximum absolute atomic E-state index is 13.4. The molecule has 1 aromatic carbocycles. The smallest absolute Gasteiger partial charge is 0.267 e. The molecular formula is C22H21N3O3S2. The molecule has 0 aliphatic heterocycles. The summed E-state index contributed by atoms with van der Waals surface area (Å²) in [5.41, 5.74) is 2.65. The molecule has 154 valence electrons. The number of aryl methyl sites for hydroxylation is 3. The number of nitrogens with one attached hydrogen (secondary N) is 1. The fraction of sp³-hybridized carbons (Fsp3) is 0.227. The summed E-state index contributed by atoms with van der Waals surface area (Å²) in [7, 11) is 0. The van der Waals surface area contributed by atoms with Crippen molar-refractivity contribution in [2.45, 2.75) is 32.5 Å². The quantitative estimate of drug-likeness (QED) is 0.356. The first-order valence-corrected chi connectivity index (χ1v) is 11.3. The maximum Gasteiger partial charge on any atom is 0.267 e. The second-order valence-electron chi connectivity index (χ2n) is 6.98. The molecule has 4 aromatic rings. The van der Waals surface area contributed by atoms with E-state index in [2.05, 4.69) is 5.32 Å². The zero-order valence-corrected chi connectivity index (χ0v) is 18.5. The summed E-state index contributed by atoms with van der Waals surface area (Å²) in [5, 5.41) is 3.97. The molecule has 0 saturated heterocycles. The van der Waals surface area contributed by atoms with Crippen molar-refractivity contribution in [1.82, 2.24) is 14.9 Å². The molecule has 0 aliphatic rings. The van der Waals surface area contributed by atoms with Crippen LogP contribution in [0.5, 0.6) is 0 Å². The first-order valence-electron chi connectivity index (χ1n) is 9.45. The molecule has 0 atom stereocenters. The van der Waals surface area contributed by atoms with Crippen LogP contribution in [0.1, 0.15) is 21.8 Å². The summed E-state index contributed by atoms with van der Waals surface area (Å²) < 4.78 is 6.84. The number of benzene rings is 1. The number of aromatic nitrogens is 2. The molecular weight excluding hydrogens is 418 g/mol. The van der Waals surface area contributed by atoms with Crippen molar-refractivity contribution in [1.29, 1.82) is 0 Å². The van der Waals surface area contributed by atoms with E-state index in [1.165, 1.54) is 23.1 Å². The second kappa shape index (κ2) is 8.49.